The van der Waals surface area contributed by atoms with Crippen LogP contribution in [0.25, 0.3) is 0 Å². The van der Waals surface area contributed by atoms with Gasteiger partial charge in [-0.3, -0.25) is 4.79 Å². The third-order valence-electron chi connectivity index (χ3n) is 3.76. The van der Waals surface area contributed by atoms with Gasteiger partial charge >= 0.3 is 6.03 Å². The van der Waals surface area contributed by atoms with Crippen molar-refractivity contribution in [2.24, 2.45) is 0 Å². The number of amides is 3. The van der Waals surface area contributed by atoms with Crippen LogP contribution in [-0.2, 0) is 4.79 Å². The average Bonchev–Trinajstić information content (AvgIpc) is 3.13. The molecule has 0 spiro atoms. The van der Waals surface area contributed by atoms with Crippen LogP contribution >= 0.6 is 23.1 Å². The first-order valence-corrected chi connectivity index (χ1v) is 9.03. The molecule has 0 unspecified atom stereocenters. The summed E-state index contributed by atoms with van der Waals surface area (Å²) in [5.41, 5.74) is 0. The van der Waals surface area contributed by atoms with Crippen molar-refractivity contribution in [1.29, 1.82) is 0 Å². The topological polar surface area (TPSA) is 83.1 Å². The standard InChI is InChI=1S/C13H18N4O2S2/c18-10(16-13-14-5-6-20-13)4-2-1-3-9-11-8(7-21-9)15-12(19)17-11/h5-6,8-9,11H,1-4,7H2,(H,14,16,18)(H2,15,17,19)/t8-,9+,11+/m0/s1. The predicted octanol–water partition coefficient (Wildman–Crippen LogP) is 1.81. The lowest BCUT2D eigenvalue weighted by Gasteiger charge is -2.16. The van der Waals surface area contributed by atoms with E-state index in [1.165, 1.54) is 11.3 Å². The summed E-state index contributed by atoms with van der Waals surface area (Å²) in [6.45, 7) is 0. The van der Waals surface area contributed by atoms with Crippen LogP contribution in [0.5, 0.6) is 0 Å². The fourth-order valence-corrected chi connectivity index (χ4v) is 4.83. The Morgan fingerprint density at radius 1 is 1.43 bits per heavy atom. The van der Waals surface area contributed by atoms with E-state index in [1.54, 1.807) is 6.20 Å². The maximum Gasteiger partial charge on any atom is 0.315 e. The number of fused-ring (bicyclic) bond motifs is 1. The number of rotatable bonds is 6. The van der Waals surface area contributed by atoms with E-state index in [0.29, 0.717) is 16.8 Å². The van der Waals surface area contributed by atoms with E-state index in [9.17, 15) is 9.59 Å². The van der Waals surface area contributed by atoms with Crippen molar-refractivity contribution < 1.29 is 9.59 Å². The summed E-state index contributed by atoms with van der Waals surface area (Å²) in [5, 5.41) is 11.7. The van der Waals surface area contributed by atoms with E-state index in [0.717, 1.165) is 25.0 Å². The average molecular weight is 326 g/mol. The molecule has 0 saturated carbocycles. The van der Waals surface area contributed by atoms with Gasteiger partial charge < -0.3 is 16.0 Å². The summed E-state index contributed by atoms with van der Waals surface area (Å²) >= 11 is 3.34. The van der Waals surface area contributed by atoms with Gasteiger partial charge in [0.05, 0.1) is 12.1 Å². The van der Waals surface area contributed by atoms with Gasteiger partial charge in [-0.1, -0.05) is 6.42 Å². The van der Waals surface area contributed by atoms with Crippen LogP contribution in [0.1, 0.15) is 25.7 Å². The number of anilines is 1. The Morgan fingerprint density at radius 2 is 2.33 bits per heavy atom. The highest BCUT2D eigenvalue weighted by Gasteiger charge is 2.42. The molecule has 0 aromatic carbocycles. The summed E-state index contributed by atoms with van der Waals surface area (Å²) in [4.78, 5) is 27.0. The van der Waals surface area contributed by atoms with Gasteiger partial charge in [0.15, 0.2) is 5.13 Å². The second-order valence-corrected chi connectivity index (χ2v) is 7.42. The van der Waals surface area contributed by atoms with E-state index in [2.05, 4.69) is 20.9 Å². The molecule has 3 rings (SSSR count). The molecule has 2 aliphatic rings. The lowest BCUT2D eigenvalue weighted by molar-refractivity contribution is -0.116. The quantitative estimate of drug-likeness (QED) is 0.550. The number of hydrogen-bond acceptors (Lipinski definition) is 5. The number of hydrogen-bond donors (Lipinski definition) is 3. The molecule has 1 aromatic heterocycles. The Bertz CT molecular complexity index is 508. The number of thiazole rings is 1. The Balaban J connectivity index is 1.33. The largest absolute Gasteiger partial charge is 0.332 e. The minimum Gasteiger partial charge on any atom is -0.332 e. The number of urea groups is 1. The number of aromatic nitrogens is 1. The highest BCUT2D eigenvalue weighted by molar-refractivity contribution is 8.00. The molecule has 3 heterocycles. The van der Waals surface area contributed by atoms with Gasteiger partial charge in [0.2, 0.25) is 5.91 Å². The van der Waals surface area contributed by atoms with E-state index in [-0.39, 0.29) is 24.0 Å². The normalized spacial score (nSPS) is 27.0. The molecule has 21 heavy (non-hydrogen) atoms. The lowest BCUT2D eigenvalue weighted by Crippen LogP contribution is -2.36. The maximum absolute atomic E-state index is 11.7. The van der Waals surface area contributed by atoms with Gasteiger partial charge in [-0.25, -0.2) is 9.78 Å². The number of carbonyl (C=O) groups excluding carboxylic acids is 2. The fraction of sp³-hybridized carbons (Fsp3) is 0.615. The van der Waals surface area contributed by atoms with Crippen LogP contribution in [0, 0.1) is 0 Å². The van der Waals surface area contributed by atoms with Gasteiger partial charge in [-0.15, -0.1) is 11.3 Å². The molecular formula is C13H18N4O2S2. The monoisotopic (exact) mass is 326 g/mol. The molecule has 3 atom stereocenters. The highest BCUT2D eigenvalue weighted by Crippen LogP contribution is 2.33. The molecule has 0 bridgehead atoms. The van der Waals surface area contributed by atoms with Crippen LogP contribution in [0.2, 0.25) is 0 Å². The van der Waals surface area contributed by atoms with Crippen molar-refractivity contribution in [2.75, 3.05) is 11.1 Å². The highest BCUT2D eigenvalue weighted by atomic mass is 32.2. The number of carbonyl (C=O) groups is 2. The van der Waals surface area contributed by atoms with Crippen LogP contribution in [0.15, 0.2) is 11.6 Å². The molecule has 0 radical (unpaired) electrons. The SMILES string of the molecule is O=C(CCCC[C@H]1SC[C@@H]2NC(=O)N[C@H]21)Nc1nccs1. The summed E-state index contributed by atoms with van der Waals surface area (Å²) in [7, 11) is 0. The number of unbranched alkanes of at least 4 members (excludes halogenated alkanes) is 1. The van der Waals surface area contributed by atoms with Crippen molar-refractivity contribution in [3.05, 3.63) is 11.6 Å². The Kier molecular flexibility index (Phi) is 4.64. The van der Waals surface area contributed by atoms with E-state index in [4.69, 9.17) is 0 Å². The first-order chi connectivity index (χ1) is 10.2. The summed E-state index contributed by atoms with van der Waals surface area (Å²) in [5.74, 6) is 1.01. The van der Waals surface area contributed by atoms with Crippen molar-refractivity contribution in [3.8, 4) is 0 Å². The van der Waals surface area contributed by atoms with Crippen molar-refractivity contribution in [2.45, 2.75) is 43.0 Å². The molecule has 2 aliphatic heterocycles. The third kappa shape index (κ3) is 3.68. The summed E-state index contributed by atoms with van der Waals surface area (Å²) < 4.78 is 0. The van der Waals surface area contributed by atoms with Crippen LogP contribution in [0.4, 0.5) is 9.93 Å². The Labute approximate surface area is 131 Å². The smallest absolute Gasteiger partial charge is 0.315 e. The molecule has 3 amide bonds. The molecule has 0 aliphatic carbocycles. The van der Waals surface area contributed by atoms with Crippen molar-refractivity contribution in [1.82, 2.24) is 15.6 Å². The van der Waals surface area contributed by atoms with E-state index >= 15 is 0 Å². The Hall–Kier alpha value is -1.28. The van der Waals surface area contributed by atoms with Gasteiger partial charge in [-0.2, -0.15) is 11.8 Å². The minimum atomic E-state index is -0.0434. The zero-order chi connectivity index (χ0) is 14.7. The molecular weight excluding hydrogens is 308 g/mol. The number of nitrogens with zero attached hydrogens (tertiary/aromatic N) is 1. The van der Waals surface area contributed by atoms with Gasteiger partial charge in [-0.05, 0) is 12.8 Å². The number of thioether (sulfide) groups is 1. The molecule has 3 N–H and O–H groups in total. The zero-order valence-electron chi connectivity index (χ0n) is 11.5. The predicted molar refractivity (Wildman–Crippen MR) is 84.7 cm³/mol. The van der Waals surface area contributed by atoms with E-state index in [1.807, 2.05) is 17.1 Å². The van der Waals surface area contributed by atoms with Crippen molar-refractivity contribution in [3.63, 3.8) is 0 Å². The second-order valence-electron chi connectivity index (χ2n) is 5.25. The molecule has 2 fully saturated rings. The third-order valence-corrected chi connectivity index (χ3v) is 5.96. The Morgan fingerprint density at radius 3 is 3.14 bits per heavy atom. The molecule has 2 saturated heterocycles. The fourth-order valence-electron chi connectivity index (χ4n) is 2.74. The van der Waals surface area contributed by atoms with Gasteiger partial charge in [0, 0.05) is 29.0 Å². The minimum absolute atomic E-state index is 0.0257. The van der Waals surface area contributed by atoms with Crippen molar-refractivity contribution >= 4 is 40.2 Å². The van der Waals surface area contributed by atoms with E-state index < -0.39 is 0 Å². The van der Waals surface area contributed by atoms with Crippen LogP contribution in [-0.4, -0.2) is 40.0 Å². The van der Waals surface area contributed by atoms with Gasteiger partial charge in [0.1, 0.15) is 0 Å². The molecule has 1 aromatic rings. The van der Waals surface area contributed by atoms with Gasteiger partial charge in [0.25, 0.3) is 0 Å². The molecule has 8 heteroatoms. The second kappa shape index (κ2) is 6.65. The summed E-state index contributed by atoms with van der Waals surface area (Å²) in [6, 6.07) is 0.491. The molecule has 6 nitrogen and oxygen atoms in total. The van der Waals surface area contributed by atoms with Crippen LogP contribution in [0.3, 0.4) is 0 Å². The number of nitrogens with one attached hydrogen (secondary N) is 3. The first kappa shape index (κ1) is 14.6. The zero-order valence-corrected chi connectivity index (χ0v) is 13.1. The first-order valence-electron chi connectivity index (χ1n) is 7.10. The maximum atomic E-state index is 11.7. The lowest BCUT2D eigenvalue weighted by atomic mass is 10.0. The summed E-state index contributed by atoms with van der Waals surface area (Å²) in [6.07, 6.45) is 5.11. The van der Waals surface area contributed by atoms with Crippen LogP contribution < -0.4 is 16.0 Å². The molecule has 114 valence electrons.